The third-order valence-corrected chi connectivity index (χ3v) is 4.37. The molecule has 0 atom stereocenters. The summed E-state index contributed by atoms with van der Waals surface area (Å²) >= 11 is 3.43. The molecule has 3 rings (SSSR count). The molecular formula is C16H15BrN2O2. The fourth-order valence-corrected chi connectivity index (χ4v) is 3.05. The normalized spacial score (nSPS) is 13.1. The van der Waals surface area contributed by atoms with Gasteiger partial charge < -0.3 is 15.4 Å². The maximum atomic E-state index is 12.8. The molecule has 1 aliphatic heterocycles. The molecule has 0 radical (unpaired) electrons. The molecule has 0 fully saturated rings. The van der Waals surface area contributed by atoms with Gasteiger partial charge in [0.25, 0.3) is 5.91 Å². The summed E-state index contributed by atoms with van der Waals surface area (Å²) < 4.78 is 5.95. The molecule has 108 valence electrons. The third kappa shape index (κ3) is 2.38. The molecule has 0 spiro atoms. The van der Waals surface area contributed by atoms with Crippen LogP contribution in [-0.2, 0) is 6.42 Å². The van der Waals surface area contributed by atoms with Crippen molar-refractivity contribution in [2.75, 3.05) is 24.3 Å². The van der Waals surface area contributed by atoms with E-state index < -0.39 is 0 Å². The van der Waals surface area contributed by atoms with Gasteiger partial charge in [0.05, 0.1) is 24.0 Å². The van der Waals surface area contributed by atoms with Crippen molar-refractivity contribution < 1.29 is 9.53 Å². The molecule has 1 amide bonds. The molecule has 2 aromatic rings. The van der Waals surface area contributed by atoms with Crippen LogP contribution in [0.2, 0.25) is 0 Å². The van der Waals surface area contributed by atoms with E-state index in [0.717, 1.165) is 22.1 Å². The average molecular weight is 347 g/mol. The Morgan fingerprint density at radius 3 is 2.90 bits per heavy atom. The maximum Gasteiger partial charge on any atom is 0.259 e. The van der Waals surface area contributed by atoms with Crippen LogP contribution in [0.4, 0.5) is 11.4 Å². The highest BCUT2D eigenvalue weighted by Gasteiger charge is 2.28. The van der Waals surface area contributed by atoms with Crippen molar-refractivity contribution in [3.05, 3.63) is 52.0 Å². The SMILES string of the molecule is COc1ccc(Br)c(C(=O)N2CCc3cccc(N)c32)c1. The topological polar surface area (TPSA) is 55.6 Å². The molecule has 0 bridgehead atoms. The van der Waals surface area contributed by atoms with Crippen LogP contribution >= 0.6 is 15.9 Å². The zero-order valence-electron chi connectivity index (χ0n) is 11.6. The second kappa shape index (κ2) is 5.41. The van der Waals surface area contributed by atoms with Crippen molar-refractivity contribution >= 4 is 33.2 Å². The van der Waals surface area contributed by atoms with Crippen molar-refractivity contribution in [1.82, 2.24) is 0 Å². The molecule has 0 aromatic heterocycles. The summed E-state index contributed by atoms with van der Waals surface area (Å²) in [6.45, 7) is 0.645. The number of nitrogen functional groups attached to an aromatic ring is 1. The minimum Gasteiger partial charge on any atom is -0.497 e. The van der Waals surface area contributed by atoms with Gasteiger partial charge in [-0.25, -0.2) is 0 Å². The van der Waals surface area contributed by atoms with E-state index in [4.69, 9.17) is 10.5 Å². The first-order chi connectivity index (χ1) is 10.1. The second-order valence-corrected chi connectivity index (χ2v) is 5.76. The summed E-state index contributed by atoms with van der Waals surface area (Å²) in [5.41, 5.74) is 9.20. The number of ether oxygens (including phenoxy) is 1. The predicted octanol–water partition coefficient (Wildman–Crippen LogP) is 3.24. The highest BCUT2D eigenvalue weighted by Crippen LogP contribution is 2.35. The van der Waals surface area contributed by atoms with Crippen molar-refractivity contribution in [2.45, 2.75) is 6.42 Å². The Kier molecular flexibility index (Phi) is 3.59. The first-order valence-corrected chi connectivity index (χ1v) is 7.44. The number of hydrogen-bond acceptors (Lipinski definition) is 3. The predicted molar refractivity (Wildman–Crippen MR) is 86.9 cm³/mol. The van der Waals surface area contributed by atoms with E-state index in [2.05, 4.69) is 15.9 Å². The summed E-state index contributed by atoms with van der Waals surface area (Å²) in [5.74, 6) is 0.583. The van der Waals surface area contributed by atoms with Gasteiger partial charge in [-0.15, -0.1) is 0 Å². The van der Waals surface area contributed by atoms with E-state index in [9.17, 15) is 4.79 Å². The minimum atomic E-state index is -0.0718. The number of rotatable bonds is 2. The van der Waals surface area contributed by atoms with E-state index >= 15 is 0 Å². The standard InChI is InChI=1S/C16H15BrN2O2/c1-21-11-5-6-13(17)12(9-11)16(20)19-8-7-10-3-2-4-14(18)15(10)19/h2-6,9H,7-8,18H2,1H3. The summed E-state index contributed by atoms with van der Waals surface area (Å²) in [6, 6.07) is 11.1. The number of methoxy groups -OCH3 is 1. The van der Waals surface area contributed by atoms with Crippen LogP contribution < -0.4 is 15.4 Å². The lowest BCUT2D eigenvalue weighted by Crippen LogP contribution is -2.29. The highest BCUT2D eigenvalue weighted by atomic mass is 79.9. The number of carbonyl (C=O) groups is 1. The molecule has 0 saturated heterocycles. The van der Waals surface area contributed by atoms with Gasteiger partial charge in [0.1, 0.15) is 5.75 Å². The largest absolute Gasteiger partial charge is 0.497 e. The first kappa shape index (κ1) is 13.9. The van der Waals surface area contributed by atoms with Gasteiger partial charge in [0.2, 0.25) is 0 Å². The van der Waals surface area contributed by atoms with Crippen LogP contribution in [0.15, 0.2) is 40.9 Å². The van der Waals surface area contributed by atoms with Gasteiger partial charge in [0.15, 0.2) is 0 Å². The van der Waals surface area contributed by atoms with Crippen molar-refractivity contribution in [3.8, 4) is 5.75 Å². The van der Waals surface area contributed by atoms with Crippen LogP contribution in [0.25, 0.3) is 0 Å². The zero-order chi connectivity index (χ0) is 15.0. The number of carbonyl (C=O) groups excluding carboxylic acids is 1. The molecule has 1 aliphatic rings. The number of hydrogen-bond donors (Lipinski definition) is 1. The van der Waals surface area contributed by atoms with Crippen LogP contribution in [0.1, 0.15) is 15.9 Å². The molecule has 0 saturated carbocycles. The summed E-state index contributed by atoms with van der Waals surface area (Å²) in [4.78, 5) is 14.6. The second-order valence-electron chi connectivity index (χ2n) is 4.91. The Morgan fingerprint density at radius 1 is 1.33 bits per heavy atom. The van der Waals surface area contributed by atoms with Crippen LogP contribution in [0, 0.1) is 0 Å². The number of amides is 1. The van der Waals surface area contributed by atoms with Gasteiger partial charge in [-0.05, 0) is 52.2 Å². The van der Waals surface area contributed by atoms with Crippen LogP contribution in [0.5, 0.6) is 5.75 Å². The maximum absolute atomic E-state index is 12.8. The lowest BCUT2D eigenvalue weighted by atomic mass is 10.1. The average Bonchev–Trinajstić information content (AvgIpc) is 2.92. The van der Waals surface area contributed by atoms with Gasteiger partial charge >= 0.3 is 0 Å². The van der Waals surface area contributed by atoms with Gasteiger partial charge in [-0.2, -0.15) is 0 Å². The first-order valence-electron chi connectivity index (χ1n) is 6.64. The Balaban J connectivity index is 2.02. The fraction of sp³-hybridized carbons (Fsp3) is 0.188. The van der Waals surface area contributed by atoms with E-state index in [0.29, 0.717) is 23.5 Å². The molecule has 2 N–H and O–H groups in total. The number of nitrogens with zero attached hydrogens (tertiary/aromatic N) is 1. The van der Waals surface area contributed by atoms with Gasteiger partial charge in [-0.1, -0.05) is 12.1 Å². The smallest absolute Gasteiger partial charge is 0.259 e. The Bertz CT molecular complexity index is 715. The number of anilines is 2. The summed E-state index contributed by atoms with van der Waals surface area (Å²) in [7, 11) is 1.58. The number of halogens is 1. The Morgan fingerprint density at radius 2 is 2.14 bits per heavy atom. The lowest BCUT2D eigenvalue weighted by Gasteiger charge is -2.20. The third-order valence-electron chi connectivity index (χ3n) is 3.67. The summed E-state index contributed by atoms with van der Waals surface area (Å²) in [5, 5.41) is 0. The molecular weight excluding hydrogens is 332 g/mol. The summed E-state index contributed by atoms with van der Waals surface area (Å²) in [6.07, 6.45) is 0.827. The molecule has 21 heavy (non-hydrogen) atoms. The Labute approximate surface area is 131 Å². The number of para-hydroxylation sites is 1. The van der Waals surface area contributed by atoms with E-state index in [1.54, 1.807) is 18.1 Å². The Hall–Kier alpha value is -2.01. The van der Waals surface area contributed by atoms with Crippen LogP contribution in [0.3, 0.4) is 0 Å². The minimum absolute atomic E-state index is 0.0718. The quantitative estimate of drug-likeness (QED) is 0.849. The van der Waals surface area contributed by atoms with E-state index in [-0.39, 0.29) is 5.91 Å². The molecule has 2 aromatic carbocycles. The lowest BCUT2D eigenvalue weighted by molar-refractivity contribution is 0.0988. The van der Waals surface area contributed by atoms with Gasteiger partial charge in [-0.3, -0.25) is 4.79 Å². The molecule has 4 nitrogen and oxygen atoms in total. The van der Waals surface area contributed by atoms with E-state index in [1.165, 1.54) is 0 Å². The van der Waals surface area contributed by atoms with Crippen molar-refractivity contribution in [1.29, 1.82) is 0 Å². The van der Waals surface area contributed by atoms with Gasteiger partial charge in [0, 0.05) is 11.0 Å². The number of nitrogens with two attached hydrogens (primary N) is 1. The molecule has 5 heteroatoms. The van der Waals surface area contributed by atoms with E-state index in [1.807, 2.05) is 30.3 Å². The zero-order valence-corrected chi connectivity index (χ0v) is 13.2. The molecule has 0 unspecified atom stereocenters. The fourth-order valence-electron chi connectivity index (χ4n) is 2.63. The molecule has 0 aliphatic carbocycles. The monoisotopic (exact) mass is 346 g/mol. The van der Waals surface area contributed by atoms with Crippen molar-refractivity contribution in [3.63, 3.8) is 0 Å². The van der Waals surface area contributed by atoms with Crippen LogP contribution in [-0.4, -0.2) is 19.6 Å². The molecule has 1 heterocycles. The number of benzene rings is 2. The van der Waals surface area contributed by atoms with Crippen molar-refractivity contribution in [2.24, 2.45) is 0 Å². The highest BCUT2D eigenvalue weighted by molar-refractivity contribution is 9.10. The number of fused-ring (bicyclic) bond motifs is 1.